The Morgan fingerprint density at radius 2 is 0.753 bits per heavy atom. The Bertz CT molecular complexity index is 1500. The van der Waals surface area contributed by atoms with E-state index in [4.69, 9.17) is 9.05 Å². The number of rotatable bonds is 65. The average molecular weight is 1160 g/mol. The zero-order chi connectivity index (χ0) is 59.1. The number of aliphatic hydroxyl groups excluding tert-OH is 1. The number of carbonyl (C=O) groups excluding carboxylic acids is 1. The predicted octanol–water partition coefficient (Wildman–Crippen LogP) is 21.8. The van der Waals surface area contributed by atoms with E-state index in [2.05, 4.69) is 79.9 Å². The molecule has 0 aromatic carbocycles. The van der Waals surface area contributed by atoms with Gasteiger partial charge in [0.2, 0.25) is 5.91 Å². The van der Waals surface area contributed by atoms with Crippen LogP contribution in [0, 0.1) is 0 Å². The number of hydrogen-bond acceptors (Lipinski definition) is 6. The Morgan fingerprint density at radius 1 is 0.444 bits per heavy atom. The van der Waals surface area contributed by atoms with Crippen LogP contribution in [0.4, 0.5) is 0 Å². The quantitative estimate of drug-likeness (QED) is 0.0272. The van der Waals surface area contributed by atoms with Crippen molar-refractivity contribution >= 4 is 13.7 Å². The fraction of sp³-hybridized carbons (Fsp3) is 0.847. The first kappa shape index (κ1) is 79.2. The second kappa shape index (κ2) is 62.7. The van der Waals surface area contributed by atoms with Crippen LogP contribution in [0.25, 0.3) is 0 Å². The molecule has 0 rings (SSSR count). The van der Waals surface area contributed by atoms with Crippen molar-refractivity contribution in [3.8, 4) is 0 Å². The van der Waals surface area contributed by atoms with Crippen molar-refractivity contribution in [2.45, 2.75) is 353 Å². The molecule has 0 aliphatic rings. The van der Waals surface area contributed by atoms with Crippen LogP contribution in [0.15, 0.2) is 60.8 Å². The van der Waals surface area contributed by atoms with Crippen molar-refractivity contribution in [1.82, 2.24) is 5.32 Å². The Balaban J connectivity index is 3.88. The van der Waals surface area contributed by atoms with E-state index in [0.717, 1.165) is 70.6 Å². The maximum absolute atomic E-state index is 13.0. The van der Waals surface area contributed by atoms with Gasteiger partial charge in [-0.2, -0.15) is 0 Å². The van der Waals surface area contributed by atoms with Crippen LogP contribution in [0.5, 0.6) is 0 Å². The second-order valence-corrected chi connectivity index (χ2v) is 26.6. The number of hydrogen-bond donors (Lipinski definition) is 2. The number of phosphoric acid groups is 1. The molecule has 0 bridgehead atoms. The summed E-state index contributed by atoms with van der Waals surface area (Å²) in [6.07, 6.45) is 85.9. The fourth-order valence-corrected chi connectivity index (χ4v) is 11.3. The average Bonchev–Trinajstić information content (AvgIpc) is 3.43. The summed E-state index contributed by atoms with van der Waals surface area (Å²) < 4.78 is 23.5. The minimum Gasteiger partial charge on any atom is -0.756 e. The van der Waals surface area contributed by atoms with Crippen LogP contribution < -0.4 is 10.2 Å². The first-order valence-electron chi connectivity index (χ1n) is 35.1. The zero-order valence-electron chi connectivity index (χ0n) is 54.5. The Hall–Kier alpha value is -1.80. The molecule has 0 saturated heterocycles. The minimum atomic E-state index is -4.58. The molecule has 0 heterocycles. The third kappa shape index (κ3) is 65.6. The number of quaternary nitrogens is 1. The molecule has 0 saturated carbocycles. The number of phosphoric ester groups is 1. The van der Waals surface area contributed by atoms with Crippen molar-refractivity contribution in [1.29, 1.82) is 0 Å². The molecule has 0 aromatic rings. The second-order valence-electron chi connectivity index (χ2n) is 25.2. The van der Waals surface area contributed by atoms with Crippen LogP contribution in [-0.4, -0.2) is 68.5 Å². The van der Waals surface area contributed by atoms with E-state index in [1.165, 1.54) is 244 Å². The molecule has 0 aliphatic carbocycles. The number of amides is 1. The maximum Gasteiger partial charge on any atom is 0.268 e. The van der Waals surface area contributed by atoms with E-state index in [0.29, 0.717) is 23.9 Å². The monoisotopic (exact) mass is 1160 g/mol. The molecule has 0 radical (unpaired) electrons. The lowest BCUT2D eigenvalue weighted by molar-refractivity contribution is -0.870. The molecule has 0 spiro atoms. The highest BCUT2D eigenvalue weighted by molar-refractivity contribution is 7.45. The van der Waals surface area contributed by atoms with Gasteiger partial charge in [-0.25, -0.2) is 0 Å². The molecule has 1 amide bonds. The number of likely N-dealkylation sites (N-methyl/N-ethyl adjacent to an activating group) is 1. The van der Waals surface area contributed by atoms with Gasteiger partial charge in [0.25, 0.3) is 7.82 Å². The third-order valence-electron chi connectivity index (χ3n) is 16.0. The SMILES string of the molecule is CC/C=C\C/C=C\C/C=C\C/C=C\C/C=C\CCCCCCCCCCCCCCCCCCCCCCCCCCCC(=O)NC(COP(=O)([O-])OCC[N+](C)(C)C)C(O)CCCCCCCCCCCCCCCCCCCC. The van der Waals surface area contributed by atoms with Crippen molar-refractivity contribution < 1.29 is 32.9 Å². The molecule has 0 fully saturated rings. The van der Waals surface area contributed by atoms with E-state index < -0.39 is 20.0 Å². The van der Waals surface area contributed by atoms with Crippen molar-refractivity contribution in [3.63, 3.8) is 0 Å². The lowest BCUT2D eigenvalue weighted by Crippen LogP contribution is -2.46. The van der Waals surface area contributed by atoms with Crippen LogP contribution in [0.3, 0.4) is 0 Å². The summed E-state index contributed by atoms with van der Waals surface area (Å²) in [4.78, 5) is 25.6. The fourth-order valence-electron chi connectivity index (χ4n) is 10.6. The van der Waals surface area contributed by atoms with Gasteiger partial charge in [0.05, 0.1) is 39.9 Å². The van der Waals surface area contributed by atoms with Crippen LogP contribution in [0.2, 0.25) is 0 Å². The van der Waals surface area contributed by atoms with Crippen LogP contribution >= 0.6 is 7.82 Å². The number of nitrogens with one attached hydrogen (secondary N) is 1. The number of unbranched alkanes of at least 4 members (excludes halogenated alkanes) is 42. The Morgan fingerprint density at radius 3 is 1.10 bits per heavy atom. The molecule has 0 aromatic heterocycles. The number of nitrogens with zero attached hydrogens (tertiary/aromatic N) is 1. The zero-order valence-corrected chi connectivity index (χ0v) is 55.4. The van der Waals surface area contributed by atoms with Crippen molar-refractivity contribution in [2.75, 3.05) is 40.9 Å². The largest absolute Gasteiger partial charge is 0.756 e. The first-order valence-corrected chi connectivity index (χ1v) is 36.6. The third-order valence-corrected chi connectivity index (χ3v) is 17.0. The summed E-state index contributed by atoms with van der Waals surface area (Å²) in [6.45, 7) is 4.65. The van der Waals surface area contributed by atoms with Gasteiger partial charge in [-0.1, -0.05) is 338 Å². The number of carbonyl (C=O) groups is 1. The van der Waals surface area contributed by atoms with E-state index in [1.54, 1.807) is 0 Å². The van der Waals surface area contributed by atoms with Gasteiger partial charge in [-0.15, -0.1) is 0 Å². The lowest BCUT2D eigenvalue weighted by atomic mass is 10.0. The summed E-state index contributed by atoms with van der Waals surface area (Å²) >= 11 is 0. The lowest BCUT2D eigenvalue weighted by Gasteiger charge is -2.30. The van der Waals surface area contributed by atoms with Gasteiger partial charge in [-0.05, 0) is 57.8 Å². The van der Waals surface area contributed by atoms with Gasteiger partial charge in [0.1, 0.15) is 13.2 Å². The summed E-state index contributed by atoms with van der Waals surface area (Å²) in [7, 11) is 1.32. The van der Waals surface area contributed by atoms with Gasteiger partial charge < -0.3 is 28.8 Å². The Labute approximate surface area is 504 Å². The minimum absolute atomic E-state index is 0.0140. The van der Waals surface area contributed by atoms with Gasteiger partial charge in [-0.3, -0.25) is 9.36 Å². The molecule has 476 valence electrons. The first-order chi connectivity index (χ1) is 39.5. The molecule has 81 heavy (non-hydrogen) atoms. The molecule has 3 atom stereocenters. The van der Waals surface area contributed by atoms with E-state index in [9.17, 15) is 19.4 Å². The molecule has 2 N–H and O–H groups in total. The summed E-state index contributed by atoms with van der Waals surface area (Å²) in [5.41, 5.74) is 0. The molecule has 3 unspecified atom stereocenters. The van der Waals surface area contributed by atoms with E-state index >= 15 is 0 Å². The molecule has 9 heteroatoms. The normalized spacial score (nSPS) is 14.0. The Kier molecular flexibility index (Phi) is 61.3. The molecular weight excluding hydrogens is 1020 g/mol. The highest BCUT2D eigenvalue weighted by Crippen LogP contribution is 2.38. The van der Waals surface area contributed by atoms with Crippen LogP contribution in [0.1, 0.15) is 341 Å². The maximum atomic E-state index is 13.0. The number of aliphatic hydroxyl groups is 1. The smallest absolute Gasteiger partial charge is 0.268 e. The highest BCUT2D eigenvalue weighted by atomic mass is 31.2. The van der Waals surface area contributed by atoms with E-state index in [-0.39, 0.29) is 19.1 Å². The summed E-state index contributed by atoms with van der Waals surface area (Å²) in [5.74, 6) is -0.158. The summed E-state index contributed by atoms with van der Waals surface area (Å²) in [5, 5.41) is 14.1. The van der Waals surface area contributed by atoms with Gasteiger partial charge in [0.15, 0.2) is 0 Å². The van der Waals surface area contributed by atoms with Crippen molar-refractivity contribution in [2.24, 2.45) is 0 Å². The van der Waals surface area contributed by atoms with Gasteiger partial charge in [0, 0.05) is 6.42 Å². The highest BCUT2D eigenvalue weighted by Gasteiger charge is 2.24. The predicted molar refractivity (Wildman–Crippen MR) is 353 cm³/mol. The molecule has 8 nitrogen and oxygen atoms in total. The molecule has 0 aliphatic heterocycles. The number of allylic oxidation sites excluding steroid dienone is 10. The van der Waals surface area contributed by atoms with Crippen LogP contribution in [-0.2, 0) is 18.4 Å². The topological polar surface area (TPSA) is 108 Å². The van der Waals surface area contributed by atoms with Crippen molar-refractivity contribution in [3.05, 3.63) is 60.8 Å². The van der Waals surface area contributed by atoms with Gasteiger partial charge >= 0.3 is 0 Å². The standard InChI is InChI=1S/C72H137N2O6P/c1-6-8-10-12-14-16-18-20-22-24-26-27-28-29-30-31-32-33-34-35-36-37-38-39-40-41-42-43-44-45-46-47-48-50-52-54-56-58-60-62-64-66-72(76)73-70(69-80-81(77,78)79-68-67-74(3,4)5)71(75)65-63-61-59-57-55-53-51-49-25-23-21-19-17-15-13-11-9-7-2/h8,10,14,16,20,22,26-27,29-30,70-71,75H,6-7,9,11-13,15,17-19,21,23-25,28,31-69H2,1-5H3,(H-,73,76,77,78)/b10-8-,16-14-,22-20-,27-26-,30-29-. The molecular formula is C72H137N2O6P. The van der Waals surface area contributed by atoms with E-state index in [1.807, 2.05) is 21.1 Å². The summed E-state index contributed by atoms with van der Waals surface area (Å²) in [6, 6.07) is -0.800.